The fourth-order valence-electron chi connectivity index (χ4n) is 4.44. The third-order valence-corrected chi connectivity index (χ3v) is 6.15. The van der Waals surface area contributed by atoms with Crippen molar-refractivity contribution >= 4 is 22.9 Å². The Balaban J connectivity index is 1.39. The van der Waals surface area contributed by atoms with Crippen molar-refractivity contribution in [3.8, 4) is 0 Å². The molecule has 1 saturated heterocycles. The van der Waals surface area contributed by atoms with E-state index in [0.717, 1.165) is 48.5 Å². The van der Waals surface area contributed by atoms with Crippen LogP contribution in [0.2, 0.25) is 0 Å². The van der Waals surface area contributed by atoms with Gasteiger partial charge in [0.25, 0.3) is 5.56 Å². The summed E-state index contributed by atoms with van der Waals surface area (Å²) in [6, 6.07) is 16.5. The number of fused-ring (bicyclic) bond motifs is 1. The van der Waals surface area contributed by atoms with E-state index >= 15 is 0 Å². The maximum Gasteiger partial charge on any atom is 0.252 e. The molecule has 1 aliphatic heterocycles. The lowest BCUT2D eigenvalue weighted by Crippen LogP contribution is -2.45. The molecule has 1 fully saturated rings. The number of imidazole rings is 1. The van der Waals surface area contributed by atoms with Gasteiger partial charge in [0.15, 0.2) is 0 Å². The quantitative estimate of drug-likeness (QED) is 0.523. The van der Waals surface area contributed by atoms with Crippen molar-refractivity contribution < 1.29 is 4.39 Å². The van der Waals surface area contributed by atoms with Gasteiger partial charge in [0, 0.05) is 38.4 Å². The summed E-state index contributed by atoms with van der Waals surface area (Å²) < 4.78 is 16.0. The number of hydrogen-bond acceptors (Lipinski definition) is 5. The minimum atomic E-state index is -0.232. The lowest BCUT2D eigenvalue weighted by molar-refractivity contribution is 0.469. The largest absolute Gasteiger partial charge is 0.342 e. The molecule has 0 bridgehead atoms. The van der Waals surface area contributed by atoms with Crippen molar-refractivity contribution in [2.75, 3.05) is 29.9 Å². The van der Waals surface area contributed by atoms with Gasteiger partial charge in [0.1, 0.15) is 5.82 Å². The van der Waals surface area contributed by atoms with E-state index in [0.29, 0.717) is 12.5 Å². The second-order valence-electron chi connectivity index (χ2n) is 8.20. The Morgan fingerprint density at radius 3 is 2.72 bits per heavy atom. The third kappa shape index (κ3) is 3.95. The fraction of sp³-hybridized carbons (Fsp3) is 0.292. The number of aromatic amines is 1. The molecule has 164 valence electrons. The number of halogens is 1. The summed E-state index contributed by atoms with van der Waals surface area (Å²) in [4.78, 5) is 28.0. The van der Waals surface area contributed by atoms with Gasteiger partial charge in [-0.3, -0.25) is 9.78 Å². The minimum Gasteiger partial charge on any atom is -0.342 e. The minimum absolute atomic E-state index is 0.148. The van der Waals surface area contributed by atoms with E-state index in [1.54, 1.807) is 12.1 Å². The van der Waals surface area contributed by atoms with Gasteiger partial charge in [-0.25, -0.2) is 14.4 Å². The highest BCUT2D eigenvalue weighted by atomic mass is 19.1. The van der Waals surface area contributed by atoms with Gasteiger partial charge in [0.05, 0.1) is 17.6 Å². The smallest absolute Gasteiger partial charge is 0.252 e. The van der Waals surface area contributed by atoms with Crippen molar-refractivity contribution in [1.82, 2.24) is 19.5 Å². The Bertz CT molecular complexity index is 1290. The predicted molar refractivity (Wildman–Crippen MR) is 124 cm³/mol. The van der Waals surface area contributed by atoms with Gasteiger partial charge in [-0.05, 0) is 42.7 Å². The number of anilines is 2. The molecule has 0 amide bonds. The Morgan fingerprint density at radius 2 is 1.94 bits per heavy atom. The number of rotatable bonds is 5. The van der Waals surface area contributed by atoms with Gasteiger partial charge >= 0.3 is 0 Å². The summed E-state index contributed by atoms with van der Waals surface area (Å²) in [7, 11) is 1.97. The number of nitrogens with one attached hydrogen (secondary N) is 1. The molecule has 4 aromatic rings. The average Bonchev–Trinajstić information content (AvgIpc) is 3.17. The summed E-state index contributed by atoms with van der Waals surface area (Å²) in [5, 5.41) is 0. The van der Waals surface area contributed by atoms with E-state index in [-0.39, 0.29) is 17.4 Å². The molecular formula is C24H25FN6O. The molecule has 2 aromatic heterocycles. The lowest BCUT2D eigenvalue weighted by Gasteiger charge is -2.37. The van der Waals surface area contributed by atoms with Crippen LogP contribution in [0.1, 0.15) is 18.4 Å². The van der Waals surface area contributed by atoms with E-state index in [4.69, 9.17) is 4.98 Å². The molecular weight excluding hydrogens is 407 g/mol. The summed E-state index contributed by atoms with van der Waals surface area (Å²) in [6.45, 7) is 2.22. The van der Waals surface area contributed by atoms with Crippen LogP contribution in [0.15, 0.2) is 65.6 Å². The normalized spacial score (nSPS) is 14.8. The van der Waals surface area contributed by atoms with Crippen molar-refractivity contribution in [2.45, 2.75) is 25.4 Å². The maximum atomic E-state index is 13.8. The number of hydrogen-bond donors (Lipinski definition) is 1. The number of nitrogens with zero attached hydrogens (tertiary/aromatic N) is 5. The summed E-state index contributed by atoms with van der Waals surface area (Å²) in [5.41, 5.74) is 2.73. The van der Waals surface area contributed by atoms with Crippen LogP contribution in [0.4, 0.5) is 16.3 Å². The van der Waals surface area contributed by atoms with Crippen LogP contribution >= 0.6 is 0 Å². The van der Waals surface area contributed by atoms with E-state index in [2.05, 4.69) is 30.4 Å². The first kappa shape index (κ1) is 20.2. The molecule has 8 heteroatoms. The van der Waals surface area contributed by atoms with Gasteiger partial charge in [-0.1, -0.05) is 24.3 Å². The first-order chi connectivity index (χ1) is 15.6. The fourth-order valence-corrected chi connectivity index (χ4v) is 4.44. The molecule has 32 heavy (non-hydrogen) atoms. The second kappa shape index (κ2) is 8.45. The zero-order valence-corrected chi connectivity index (χ0v) is 17.9. The zero-order chi connectivity index (χ0) is 22.1. The van der Waals surface area contributed by atoms with Gasteiger partial charge in [-0.2, -0.15) is 0 Å². The molecule has 3 heterocycles. The van der Waals surface area contributed by atoms with Crippen LogP contribution in [-0.2, 0) is 6.54 Å². The molecule has 5 rings (SSSR count). The second-order valence-corrected chi connectivity index (χ2v) is 8.20. The Morgan fingerprint density at radius 1 is 1.12 bits per heavy atom. The molecule has 2 aromatic carbocycles. The van der Waals surface area contributed by atoms with Crippen LogP contribution in [-0.4, -0.2) is 45.7 Å². The molecule has 1 N–H and O–H groups in total. The van der Waals surface area contributed by atoms with Crippen LogP contribution in [0.25, 0.3) is 11.0 Å². The molecule has 0 unspecified atom stereocenters. The number of para-hydroxylation sites is 2. The topological polar surface area (TPSA) is 70.1 Å². The summed E-state index contributed by atoms with van der Waals surface area (Å²) in [6.07, 6.45) is 3.37. The van der Waals surface area contributed by atoms with Gasteiger partial charge < -0.3 is 14.4 Å². The van der Waals surface area contributed by atoms with E-state index in [1.807, 2.05) is 31.3 Å². The number of H-pyrrole nitrogens is 1. The molecule has 1 aliphatic rings. The lowest BCUT2D eigenvalue weighted by atomic mass is 10.0. The average molecular weight is 433 g/mol. The monoisotopic (exact) mass is 432 g/mol. The summed E-state index contributed by atoms with van der Waals surface area (Å²) in [5.74, 6) is 1.27. The SMILES string of the molecule is CN(c1nccc(=O)[nH]1)C1CCN(c2nc3ccccc3n2Cc2cccc(F)c2)CC1. The van der Waals surface area contributed by atoms with Crippen molar-refractivity contribution in [2.24, 2.45) is 0 Å². The van der Waals surface area contributed by atoms with Gasteiger partial charge in [0.2, 0.25) is 11.9 Å². The Labute approximate surface area is 185 Å². The third-order valence-electron chi connectivity index (χ3n) is 6.15. The van der Waals surface area contributed by atoms with Crippen molar-refractivity contribution in [1.29, 1.82) is 0 Å². The number of aromatic nitrogens is 4. The van der Waals surface area contributed by atoms with Crippen LogP contribution in [0.3, 0.4) is 0 Å². The molecule has 0 radical (unpaired) electrons. The van der Waals surface area contributed by atoms with E-state index in [1.165, 1.54) is 18.3 Å². The van der Waals surface area contributed by atoms with Crippen molar-refractivity contribution in [3.05, 3.63) is 82.5 Å². The number of piperidine rings is 1. The highest BCUT2D eigenvalue weighted by molar-refractivity contribution is 5.79. The standard InChI is InChI=1S/C24H25FN6O/c1-29(23-26-12-9-22(32)28-23)19-10-13-30(14-11-19)24-27-20-7-2-3-8-21(20)31(24)16-17-5-4-6-18(25)15-17/h2-9,12,15,19H,10-11,13-14,16H2,1H3,(H,26,28,32). The van der Waals surface area contributed by atoms with E-state index < -0.39 is 0 Å². The van der Waals surface area contributed by atoms with Gasteiger partial charge in [-0.15, -0.1) is 0 Å². The van der Waals surface area contributed by atoms with Crippen LogP contribution < -0.4 is 15.4 Å². The number of benzene rings is 2. The molecule has 0 atom stereocenters. The molecule has 0 aliphatic carbocycles. The molecule has 0 spiro atoms. The maximum absolute atomic E-state index is 13.8. The van der Waals surface area contributed by atoms with Crippen LogP contribution in [0, 0.1) is 5.82 Å². The van der Waals surface area contributed by atoms with Crippen LogP contribution in [0.5, 0.6) is 0 Å². The first-order valence-electron chi connectivity index (χ1n) is 10.8. The zero-order valence-electron chi connectivity index (χ0n) is 17.9. The first-order valence-corrected chi connectivity index (χ1v) is 10.8. The molecule has 0 saturated carbocycles. The Kier molecular flexibility index (Phi) is 5.34. The predicted octanol–water partition coefficient (Wildman–Crippen LogP) is 3.41. The van der Waals surface area contributed by atoms with E-state index in [9.17, 15) is 9.18 Å². The highest BCUT2D eigenvalue weighted by Crippen LogP contribution is 2.28. The van der Waals surface area contributed by atoms with Crippen molar-refractivity contribution in [3.63, 3.8) is 0 Å². The summed E-state index contributed by atoms with van der Waals surface area (Å²) >= 11 is 0. The Hall–Kier alpha value is -3.68. The highest BCUT2D eigenvalue weighted by Gasteiger charge is 2.27. The molecule has 7 nitrogen and oxygen atoms in total.